The molecule has 0 radical (unpaired) electrons. The first-order chi connectivity index (χ1) is 30.0. The van der Waals surface area contributed by atoms with Crippen molar-refractivity contribution in [3.63, 3.8) is 0 Å². The van der Waals surface area contributed by atoms with E-state index in [2.05, 4.69) is 13.8 Å². The molecule has 0 amide bonds. The molecule has 0 aliphatic rings. The van der Waals surface area contributed by atoms with Crippen LogP contribution < -0.4 is 0 Å². The van der Waals surface area contributed by atoms with Gasteiger partial charge in [0.1, 0.15) is 19.8 Å². The molecule has 0 aromatic carbocycles. The van der Waals surface area contributed by atoms with E-state index in [9.17, 15) is 19.0 Å². The van der Waals surface area contributed by atoms with Gasteiger partial charge in [0.15, 0.2) is 6.10 Å². The summed E-state index contributed by atoms with van der Waals surface area (Å²) >= 11 is 0. The molecule has 370 valence electrons. The Bertz CT molecular complexity index is 1020. The summed E-state index contributed by atoms with van der Waals surface area (Å²) in [6, 6.07) is 0. The van der Waals surface area contributed by atoms with E-state index in [0.29, 0.717) is 17.4 Å². The third-order valence-corrected chi connectivity index (χ3v) is 13.1. The summed E-state index contributed by atoms with van der Waals surface area (Å²) in [5, 5.41) is 0. The first-order valence-electron chi connectivity index (χ1n) is 26.8. The first kappa shape index (κ1) is 61.0. The van der Waals surface area contributed by atoms with E-state index in [1.807, 2.05) is 21.1 Å². The molecule has 0 spiro atoms. The molecule has 62 heavy (non-hydrogen) atoms. The largest absolute Gasteiger partial charge is 0.472 e. The van der Waals surface area contributed by atoms with Gasteiger partial charge in [0.2, 0.25) is 0 Å². The Morgan fingerprint density at radius 1 is 0.435 bits per heavy atom. The Morgan fingerprint density at radius 3 is 1.03 bits per heavy atom. The monoisotopic (exact) mass is 903 g/mol. The number of likely N-dealkylation sites (N-methyl/N-ethyl adjacent to an activating group) is 1. The number of phosphoric ester groups is 1. The highest BCUT2D eigenvalue weighted by atomic mass is 31.2. The van der Waals surface area contributed by atoms with Gasteiger partial charge in [0, 0.05) is 12.8 Å². The number of phosphoric acid groups is 1. The Labute approximate surface area is 384 Å². The number of hydrogen-bond acceptors (Lipinski definition) is 7. The van der Waals surface area contributed by atoms with Crippen molar-refractivity contribution in [1.29, 1.82) is 0 Å². The average Bonchev–Trinajstić information content (AvgIpc) is 3.23. The minimum absolute atomic E-state index is 0.0373. The van der Waals surface area contributed by atoms with E-state index in [1.54, 1.807) is 0 Å². The van der Waals surface area contributed by atoms with Crippen LogP contribution in [0.4, 0.5) is 0 Å². The van der Waals surface area contributed by atoms with E-state index in [1.165, 1.54) is 205 Å². The van der Waals surface area contributed by atoms with Gasteiger partial charge in [-0.25, -0.2) is 4.57 Å². The second-order valence-corrected chi connectivity index (χ2v) is 21.1. The number of nitrogens with zero attached hydrogens (tertiary/aromatic N) is 1. The maximum atomic E-state index is 12.8. The van der Waals surface area contributed by atoms with Crippen molar-refractivity contribution >= 4 is 19.8 Å². The zero-order chi connectivity index (χ0) is 45.7. The van der Waals surface area contributed by atoms with Gasteiger partial charge in [0.05, 0.1) is 27.7 Å². The van der Waals surface area contributed by atoms with Crippen LogP contribution in [0, 0.1) is 0 Å². The summed E-state index contributed by atoms with van der Waals surface area (Å²) in [7, 11) is 1.50. The molecule has 0 aromatic rings. The highest BCUT2D eigenvalue weighted by Crippen LogP contribution is 2.43. The van der Waals surface area contributed by atoms with Crippen LogP contribution in [0.2, 0.25) is 0 Å². The number of carbonyl (C=O) groups is 2. The molecule has 1 N–H and O–H groups in total. The van der Waals surface area contributed by atoms with Crippen molar-refractivity contribution in [2.45, 2.75) is 277 Å². The molecule has 2 atom stereocenters. The third-order valence-electron chi connectivity index (χ3n) is 12.1. The summed E-state index contributed by atoms with van der Waals surface area (Å²) in [5.74, 6) is -0.776. The Hall–Kier alpha value is -0.990. The van der Waals surface area contributed by atoms with Gasteiger partial charge in [-0.05, 0) is 12.8 Å². The number of unbranched alkanes of at least 4 members (excludes halogenated alkanes) is 36. The number of hydrogen-bond donors (Lipinski definition) is 1. The molecular formula is C52H105NO8P+. The molecule has 0 fully saturated rings. The smallest absolute Gasteiger partial charge is 0.462 e. The molecule has 1 unspecified atom stereocenters. The topological polar surface area (TPSA) is 108 Å². The zero-order valence-electron chi connectivity index (χ0n) is 41.9. The van der Waals surface area contributed by atoms with E-state index < -0.39 is 26.5 Å². The van der Waals surface area contributed by atoms with Gasteiger partial charge in [-0.15, -0.1) is 0 Å². The molecule has 0 bridgehead atoms. The van der Waals surface area contributed by atoms with Crippen molar-refractivity contribution in [2.24, 2.45) is 0 Å². The zero-order valence-corrected chi connectivity index (χ0v) is 42.8. The van der Waals surface area contributed by atoms with Gasteiger partial charge in [-0.3, -0.25) is 18.6 Å². The summed E-state index contributed by atoms with van der Waals surface area (Å²) in [6.07, 6.45) is 48.7. The van der Waals surface area contributed by atoms with Crippen LogP contribution in [0.25, 0.3) is 0 Å². The van der Waals surface area contributed by atoms with Gasteiger partial charge in [-0.1, -0.05) is 245 Å². The van der Waals surface area contributed by atoms with Crippen LogP contribution >= 0.6 is 7.82 Å². The number of esters is 2. The van der Waals surface area contributed by atoms with Crippen molar-refractivity contribution in [3.8, 4) is 0 Å². The average molecular weight is 903 g/mol. The maximum absolute atomic E-state index is 12.8. The second-order valence-electron chi connectivity index (χ2n) is 19.6. The van der Waals surface area contributed by atoms with Gasteiger partial charge >= 0.3 is 19.8 Å². The van der Waals surface area contributed by atoms with Crippen LogP contribution in [0.15, 0.2) is 0 Å². The lowest BCUT2D eigenvalue weighted by atomic mass is 10.0. The molecule has 9 nitrogen and oxygen atoms in total. The van der Waals surface area contributed by atoms with Crippen molar-refractivity contribution in [2.75, 3.05) is 47.5 Å². The number of quaternary nitrogens is 1. The van der Waals surface area contributed by atoms with Crippen molar-refractivity contribution in [3.05, 3.63) is 0 Å². The normalized spacial score (nSPS) is 13.3. The van der Waals surface area contributed by atoms with Gasteiger partial charge < -0.3 is 18.9 Å². The van der Waals surface area contributed by atoms with Gasteiger partial charge in [-0.2, -0.15) is 0 Å². The Balaban J connectivity index is 4.17. The van der Waals surface area contributed by atoms with Crippen molar-refractivity contribution < 1.29 is 42.1 Å². The molecule has 0 aliphatic heterocycles. The maximum Gasteiger partial charge on any atom is 0.472 e. The third kappa shape index (κ3) is 48.5. The van der Waals surface area contributed by atoms with Crippen LogP contribution in [0.1, 0.15) is 271 Å². The van der Waals surface area contributed by atoms with Gasteiger partial charge in [0.25, 0.3) is 0 Å². The second kappa shape index (κ2) is 45.2. The van der Waals surface area contributed by atoms with E-state index >= 15 is 0 Å². The van der Waals surface area contributed by atoms with E-state index in [0.717, 1.165) is 38.5 Å². The fourth-order valence-corrected chi connectivity index (χ4v) is 8.70. The fraction of sp³-hybridized carbons (Fsp3) is 0.962. The van der Waals surface area contributed by atoms with Crippen LogP contribution in [-0.2, 0) is 32.7 Å². The molecule has 0 heterocycles. The minimum Gasteiger partial charge on any atom is -0.462 e. The van der Waals surface area contributed by atoms with Crippen LogP contribution in [0.5, 0.6) is 0 Å². The molecule has 0 aliphatic carbocycles. The first-order valence-corrected chi connectivity index (χ1v) is 28.3. The lowest BCUT2D eigenvalue weighted by Crippen LogP contribution is -2.37. The lowest BCUT2D eigenvalue weighted by Gasteiger charge is -2.24. The summed E-state index contributed by atoms with van der Waals surface area (Å²) in [6.45, 7) is 4.50. The van der Waals surface area contributed by atoms with Crippen LogP contribution in [0.3, 0.4) is 0 Å². The highest BCUT2D eigenvalue weighted by Gasteiger charge is 2.27. The summed E-state index contributed by atoms with van der Waals surface area (Å²) in [4.78, 5) is 35.6. The quantitative estimate of drug-likeness (QED) is 0.0278. The molecule has 0 saturated carbocycles. The predicted octanol–water partition coefficient (Wildman–Crippen LogP) is 15.9. The molecular weight excluding hydrogens is 798 g/mol. The molecule has 0 aromatic heterocycles. The molecule has 10 heteroatoms. The highest BCUT2D eigenvalue weighted by molar-refractivity contribution is 7.47. The predicted molar refractivity (Wildman–Crippen MR) is 261 cm³/mol. The van der Waals surface area contributed by atoms with E-state index in [4.69, 9.17) is 18.5 Å². The molecule has 0 rings (SSSR count). The number of carbonyl (C=O) groups excluding carboxylic acids is 2. The fourth-order valence-electron chi connectivity index (χ4n) is 7.96. The summed E-state index contributed by atoms with van der Waals surface area (Å²) in [5.41, 5.74) is 0. The Morgan fingerprint density at radius 2 is 0.726 bits per heavy atom. The Kier molecular flexibility index (Phi) is 44.5. The number of rotatable bonds is 50. The van der Waals surface area contributed by atoms with Crippen LogP contribution in [-0.4, -0.2) is 74.9 Å². The lowest BCUT2D eigenvalue weighted by molar-refractivity contribution is -0.870. The SMILES string of the molecule is CCCCCCCCCCCCCCCCCCCCCC(=O)OC[C@@H](COP(=O)(O)OCC[N+](C)(C)C)OC(=O)CCCCCCCCCCCCCCCCCCCCC. The molecule has 0 saturated heterocycles. The standard InChI is InChI=1S/C52H104NO8P/c1-6-8-10-12-14-16-18-20-22-24-26-28-30-32-34-36-38-40-42-44-51(54)58-48-50(49-60-62(56,57)59-47-46-53(3,4)5)61-52(55)45-43-41-39-37-35-33-31-29-27-25-23-21-19-17-15-13-11-9-7-2/h50H,6-49H2,1-5H3/p+1/t50-/m0/s1. The minimum atomic E-state index is -4.37. The van der Waals surface area contributed by atoms with Crippen molar-refractivity contribution in [1.82, 2.24) is 0 Å². The number of ether oxygens (including phenoxy) is 2. The van der Waals surface area contributed by atoms with E-state index in [-0.39, 0.29) is 25.6 Å². The summed E-state index contributed by atoms with van der Waals surface area (Å²) < 4.78 is 34.5.